The first kappa shape index (κ1) is 13.3. The zero-order valence-electron chi connectivity index (χ0n) is 10.5. The Labute approximate surface area is 102 Å². The van der Waals surface area contributed by atoms with Gasteiger partial charge in [-0.25, -0.2) is 4.68 Å². The Bertz CT molecular complexity index is 445. The van der Waals surface area contributed by atoms with Gasteiger partial charge < -0.3 is 4.90 Å². The Kier molecular flexibility index (Phi) is 5.28. The van der Waals surface area contributed by atoms with Crippen molar-refractivity contribution in [2.45, 2.75) is 32.7 Å². The van der Waals surface area contributed by atoms with Crippen molar-refractivity contribution < 1.29 is 0 Å². The van der Waals surface area contributed by atoms with E-state index >= 15 is 0 Å². The van der Waals surface area contributed by atoms with Crippen molar-refractivity contribution in [3.8, 4) is 12.3 Å². The number of nitrogens with zero attached hydrogens (tertiary/aromatic N) is 3. The van der Waals surface area contributed by atoms with E-state index in [0.29, 0.717) is 13.0 Å². The Morgan fingerprint density at radius 3 is 2.94 bits per heavy atom. The summed E-state index contributed by atoms with van der Waals surface area (Å²) in [5.74, 6) is 2.55. The van der Waals surface area contributed by atoms with Crippen molar-refractivity contribution >= 4 is 5.69 Å². The Morgan fingerprint density at radius 1 is 1.59 bits per heavy atom. The summed E-state index contributed by atoms with van der Waals surface area (Å²) in [6.07, 6.45) is 9.39. The molecule has 0 atom stereocenters. The number of aryl methyl sites for hydroxylation is 1. The maximum absolute atomic E-state index is 11.8. The second kappa shape index (κ2) is 6.74. The van der Waals surface area contributed by atoms with Crippen LogP contribution in [0.25, 0.3) is 0 Å². The SMILES string of the molecule is C#CCCCn1ncc(N(C)CCC)cc1=O. The molecular formula is C13H19N3O. The minimum atomic E-state index is -0.0672. The van der Waals surface area contributed by atoms with E-state index in [4.69, 9.17) is 6.42 Å². The van der Waals surface area contributed by atoms with Crippen LogP contribution in [-0.2, 0) is 6.54 Å². The quantitative estimate of drug-likeness (QED) is 0.552. The van der Waals surface area contributed by atoms with Gasteiger partial charge in [0.25, 0.3) is 5.56 Å². The molecule has 0 unspecified atom stereocenters. The summed E-state index contributed by atoms with van der Waals surface area (Å²) in [6.45, 7) is 3.61. The molecule has 1 heterocycles. The van der Waals surface area contributed by atoms with Gasteiger partial charge in [0, 0.05) is 32.6 Å². The van der Waals surface area contributed by atoms with Gasteiger partial charge in [0.2, 0.25) is 0 Å². The van der Waals surface area contributed by atoms with Gasteiger partial charge in [-0.3, -0.25) is 4.79 Å². The molecule has 0 N–H and O–H groups in total. The van der Waals surface area contributed by atoms with Crippen molar-refractivity contribution in [3.05, 3.63) is 22.6 Å². The fourth-order valence-corrected chi connectivity index (χ4v) is 1.60. The van der Waals surface area contributed by atoms with E-state index in [-0.39, 0.29) is 5.56 Å². The summed E-state index contributed by atoms with van der Waals surface area (Å²) in [4.78, 5) is 13.8. The number of hydrogen-bond donors (Lipinski definition) is 0. The molecule has 1 aromatic rings. The number of hydrogen-bond acceptors (Lipinski definition) is 3. The van der Waals surface area contributed by atoms with Gasteiger partial charge in [0.15, 0.2) is 0 Å². The predicted octanol–water partition coefficient (Wildman–Crippen LogP) is 1.50. The lowest BCUT2D eigenvalue weighted by Crippen LogP contribution is -2.26. The zero-order valence-corrected chi connectivity index (χ0v) is 10.5. The molecule has 0 radical (unpaired) electrons. The fourth-order valence-electron chi connectivity index (χ4n) is 1.60. The van der Waals surface area contributed by atoms with Gasteiger partial charge >= 0.3 is 0 Å². The minimum Gasteiger partial charge on any atom is -0.373 e. The highest BCUT2D eigenvalue weighted by atomic mass is 16.1. The van der Waals surface area contributed by atoms with E-state index in [9.17, 15) is 4.79 Å². The van der Waals surface area contributed by atoms with E-state index in [1.54, 1.807) is 12.3 Å². The summed E-state index contributed by atoms with van der Waals surface area (Å²) in [7, 11) is 1.96. The van der Waals surface area contributed by atoms with Gasteiger partial charge in [-0.2, -0.15) is 5.10 Å². The van der Waals surface area contributed by atoms with Crippen molar-refractivity contribution in [3.63, 3.8) is 0 Å². The van der Waals surface area contributed by atoms with Crippen LogP contribution in [0.1, 0.15) is 26.2 Å². The minimum absolute atomic E-state index is 0.0672. The molecule has 0 aliphatic heterocycles. The third-order valence-electron chi connectivity index (χ3n) is 2.55. The van der Waals surface area contributed by atoms with Crippen LogP contribution in [0.15, 0.2) is 17.1 Å². The summed E-state index contributed by atoms with van der Waals surface area (Å²) >= 11 is 0. The van der Waals surface area contributed by atoms with E-state index in [2.05, 4.69) is 17.9 Å². The Morgan fingerprint density at radius 2 is 2.35 bits per heavy atom. The smallest absolute Gasteiger partial charge is 0.268 e. The van der Waals surface area contributed by atoms with Crippen LogP contribution in [0, 0.1) is 12.3 Å². The summed E-state index contributed by atoms with van der Waals surface area (Å²) in [5, 5.41) is 4.15. The molecule has 0 aromatic carbocycles. The monoisotopic (exact) mass is 233 g/mol. The predicted molar refractivity (Wildman–Crippen MR) is 70.1 cm³/mol. The van der Waals surface area contributed by atoms with Crippen LogP contribution in [0.5, 0.6) is 0 Å². The molecule has 0 bridgehead atoms. The average molecular weight is 233 g/mol. The fraction of sp³-hybridized carbons (Fsp3) is 0.538. The highest BCUT2D eigenvalue weighted by Gasteiger charge is 2.03. The third kappa shape index (κ3) is 3.95. The van der Waals surface area contributed by atoms with E-state index < -0.39 is 0 Å². The molecule has 4 heteroatoms. The van der Waals surface area contributed by atoms with Crippen molar-refractivity contribution in [2.75, 3.05) is 18.5 Å². The highest BCUT2D eigenvalue weighted by molar-refractivity contribution is 5.41. The number of unbranched alkanes of at least 4 members (excludes halogenated alkanes) is 1. The maximum Gasteiger partial charge on any atom is 0.268 e. The van der Waals surface area contributed by atoms with Crippen molar-refractivity contribution in [1.29, 1.82) is 0 Å². The van der Waals surface area contributed by atoms with Gasteiger partial charge in [0.1, 0.15) is 0 Å². The number of aromatic nitrogens is 2. The average Bonchev–Trinajstić information content (AvgIpc) is 2.31. The van der Waals surface area contributed by atoms with Crippen LogP contribution < -0.4 is 10.5 Å². The highest BCUT2D eigenvalue weighted by Crippen LogP contribution is 2.07. The van der Waals surface area contributed by atoms with Crippen molar-refractivity contribution in [1.82, 2.24) is 9.78 Å². The topological polar surface area (TPSA) is 38.1 Å². The first-order valence-electron chi connectivity index (χ1n) is 5.90. The first-order chi connectivity index (χ1) is 8.19. The van der Waals surface area contributed by atoms with Crippen LogP contribution in [-0.4, -0.2) is 23.4 Å². The van der Waals surface area contributed by atoms with E-state index in [0.717, 1.165) is 25.1 Å². The van der Waals surface area contributed by atoms with Crippen LogP contribution >= 0.6 is 0 Å². The molecule has 0 spiro atoms. The zero-order chi connectivity index (χ0) is 12.7. The third-order valence-corrected chi connectivity index (χ3v) is 2.55. The molecule has 0 saturated carbocycles. The lowest BCUT2D eigenvalue weighted by molar-refractivity contribution is 0.554. The first-order valence-corrected chi connectivity index (χ1v) is 5.90. The Balaban J connectivity index is 2.73. The molecular weight excluding hydrogens is 214 g/mol. The standard InChI is InChI=1S/C13H19N3O/c1-4-6-7-9-16-13(17)10-12(11-14-16)15(3)8-5-2/h1,10-11H,5-9H2,2-3H3. The number of anilines is 1. The van der Waals surface area contributed by atoms with Crippen LogP contribution in [0.4, 0.5) is 5.69 Å². The molecule has 1 rings (SSSR count). The lowest BCUT2D eigenvalue weighted by Gasteiger charge is -2.17. The summed E-state index contributed by atoms with van der Waals surface area (Å²) < 4.78 is 1.46. The largest absolute Gasteiger partial charge is 0.373 e. The van der Waals surface area contributed by atoms with E-state index in [1.807, 2.05) is 11.9 Å². The molecule has 92 valence electrons. The molecule has 0 aliphatic rings. The lowest BCUT2D eigenvalue weighted by atomic mass is 10.3. The Hall–Kier alpha value is -1.76. The second-order valence-electron chi connectivity index (χ2n) is 4.00. The molecule has 17 heavy (non-hydrogen) atoms. The van der Waals surface area contributed by atoms with E-state index in [1.165, 1.54) is 4.68 Å². The second-order valence-corrected chi connectivity index (χ2v) is 4.00. The number of terminal acetylenes is 1. The van der Waals surface area contributed by atoms with Crippen molar-refractivity contribution in [2.24, 2.45) is 0 Å². The van der Waals surface area contributed by atoms with Gasteiger partial charge in [-0.15, -0.1) is 12.3 Å². The van der Waals surface area contributed by atoms with Gasteiger partial charge in [-0.05, 0) is 12.8 Å². The maximum atomic E-state index is 11.8. The van der Waals surface area contributed by atoms with Gasteiger partial charge in [-0.1, -0.05) is 6.92 Å². The normalized spacial score (nSPS) is 9.94. The molecule has 0 fully saturated rings. The summed E-state index contributed by atoms with van der Waals surface area (Å²) in [6, 6.07) is 1.62. The summed E-state index contributed by atoms with van der Waals surface area (Å²) in [5.41, 5.74) is 0.799. The molecule has 0 amide bonds. The van der Waals surface area contributed by atoms with Crippen LogP contribution in [0.2, 0.25) is 0 Å². The molecule has 1 aromatic heterocycles. The molecule has 0 saturated heterocycles. The number of rotatable bonds is 6. The van der Waals surface area contributed by atoms with Gasteiger partial charge in [0.05, 0.1) is 11.9 Å². The van der Waals surface area contributed by atoms with Crippen LogP contribution in [0.3, 0.4) is 0 Å². The molecule has 0 aliphatic carbocycles. The molecule has 4 nitrogen and oxygen atoms in total.